The largest absolute Gasteiger partial charge is 0.325 e. The molecule has 0 saturated heterocycles. The fourth-order valence-corrected chi connectivity index (χ4v) is 2.57. The monoisotopic (exact) mass is 287 g/mol. The first-order valence-corrected chi connectivity index (χ1v) is 7.64. The van der Waals surface area contributed by atoms with Gasteiger partial charge in [-0.3, -0.25) is 4.79 Å². The lowest BCUT2D eigenvalue weighted by Gasteiger charge is -2.06. The van der Waals surface area contributed by atoms with Gasteiger partial charge in [-0.15, -0.1) is 11.3 Å². The number of carbonyl (C=O) groups is 1. The van der Waals surface area contributed by atoms with Gasteiger partial charge >= 0.3 is 0 Å². The van der Waals surface area contributed by atoms with E-state index in [9.17, 15) is 4.79 Å². The molecule has 1 aliphatic carbocycles. The molecule has 104 valence electrons. The van der Waals surface area contributed by atoms with E-state index in [0.717, 1.165) is 22.0 Å². The molecule has 1 heterocycles. The summed E-state index contributed by atoms with van der Waals surface area (Å²) in [7, 11) is 0. The fraction of sp³-hybridized carbons (Fsp3) is 0.333. The number of rotatable bonds is 5. The van der Waals surface area contributed by atoms with E-state index >= 15 is 0 Å². The van der Waals surface area contributed by atoms with Crippen molar-refractivity contribution in [1.29, 1.82) is 0 Å². The summed E-state index contributed by atoms with van der Waals surface area (Å²) < 4.78 is 0. The number of thiazole rings is 1. The van der Waals surface area contributed by atoms with Gasteiger partial charge < -0.3 is 10.6 Å². The molecule has 1 amide bonds. The van der Waals surface area contributed by atoms with Crippen LogP contribution in [-0.2, 0) is 4.79 Å². The lowest BCUT2D eigenvalue weighted by molar-refractivity contribution is -0.115. The van der Waals surface area contributed by atoms with Gasteiger partial charge in [0.05, 0.1) is 17.2 Å². The molecule has 4 nitrogen and oxygen atoms in total. The molecular weight excluding hydrogens is 270 g/mol. The first kappa shape index (κ1) is 13.3. The maximum atomic E-state index is 11.7. The van der Waals surface area contributed by atoms with Gasteiger partial charge in [0.15, 0.2) is 0 Å². The third-order valence-corrected chi connectivity index (χ3v) is 3.99. The molecule has 1 aromatic heterocycles. The summed E-state index contributed by atoms with van der Waals surface area (Å²) in [5.41, 5.74) is 2.88. The quantitative estimate of drug-likeness (QED) is 0.889. The predicted molar refractivity (Wildman–Crippen MR) is 81.9 cm³/mol. The van der Waals surface area contributed by atoms with Crippen molar-refractivity contribution in [1.82, 2.24) is 10.3 Å². The van der Waals surface area contributed by atoms with Crippen molar-refractivity contribution in [3.8, 4) is 11.3 Å². The van der Waals surface area contributed by atoms with Crippen LogP contribution in [0.5, 0.6) is 0 Å². The third-order valence-electron chi connectivity index (χ3n) is 3.21. The number of nitrogens with one attached hydrogen (secondary N) is 2. The standard InChI is InChI=1S/C15H17N3OS/c1-10-17-14(9-20-10)11-2-4-13(5-3-11)18-15(19)8-16-12-6-7-12/h2-5,9,12,16H,6-8H2,1H3,(H,18,19). The Bertz CT molecular complexity index is 602. The van der Waals surface area contributed by atoms with Crippen LogP contribution in [0.4, 0.5) is 5.69 Å². The number of hydrogen-bond donors (Lipinski definition) is 2. The van der Waals surface area contributed by atoms with Crippen LogP contribution >= 0.6 is 11.3 Å². The molecule has 0 atom stereocenters. The minimum atomic E-state index is 0.00847. The van der Waals surface area contributed by atoms with Gasteiger partial charge in [-0.2, -0.15) is 0 Å². The van der Waals surface area contributed by atoms with Crippen molar-refractivity contribution in [3.63, 3.8) is 0 Å². The van der Waals surface area contributed by atoms with Gasteiger partial charge in [0, 0.05) is 22.7 Å². The van der Waals surface area contributed by atoms with Crippen molar-refractivity contribution in [2.75, 3.05) is 11.9 Å². The van der Waals surface area contributed by atoms with Crippen molar-refractivity contribution < 1.29 is 4.79 Å². The van der Waals surface area contributed by atoms with E-state index in [0.29, 0.717) is 12.6 Å². The highest BCUT2D eigenvalue weighted by atomic mass is 32.1. The minimum Gasteiger partial charge on any atom is -0.325 e. The normalized spacial score (nSPS) is 14.2. The maximum absolute atomic E-state index is 11.7. The predicted octanol–water partition coefficient (Wildman–Crippen LogP) is 2.81. The molecule has 0 unspecified atom stereocenters. The summed E-state index contributed by atoms with van der Waals surface area (Å²) in [4.78, 5) is 16.2. The lowest BCUT2D eigenvalue weighted by atomic mass is 10.1. The van der Waals surface area contributed by atoms with Crippen molar-refractivity contribution in [3.05, 3.63) is 34.7 Å². The molecule has 1 saturated carbocycles. The zero-order valence-corrected chi connectivity index (χ0v) is 12.2. The second-order valence-corrected chi connectivity index (χ2v) is 6.09. The van der Waals surface area contributed by atoms with Crippen LogP contribution in [0.25, 0.3) is 11.3 Å². The van der Waals surface area contributed by atoms with Crippen LogP contribution < -0.4 is 10.6 Å². The topological polar surface area (TPSA) is 54.0 Å². The Morgan fingerprint density at radius 3 is 2.70 bits per heavy atom. The number of carbonyl (C=O) groups excluding carboxylic acids is 1. The fourth-order valence-electron chi connectivity index (χ4n) is 1.95. The van der Waals surface area contributed by atoms with Crippen LogP contribution in [0.15, 0.2) is 29.6 Å². The molecule has 2 aromatic rings. The average Bonchev–Trinajstić information content (AvgIpc) is 3.18. The summed E-state index contributed by atoms with van der Waals surface area (Å²) >= 11 is 1.64. The summed E-state index contributed by atoms with van der Waals surface area (Å²) in [5.74, 6) is 0.00847. The Hall–Kier alpha value is -1.72. The molecule has 20 heavy (non-hydrogen) atoms. The summed E-state index contributed by atoms with van der Waals surface area (Å²) in [5, 5.41) is 9.19. The first-order valence-electron chi connectivity index (χ1n) is 6.76. The molecule has 0 spiro atoms. The third kappa shape index (κ3) is 3.43. The number of hydrogen-bond acceptors (Lipinski definition) is 4. The molecule has 2 N–H and O–H groups in total. The maximum Gasteiger partial charge on any atom is 0.238 e. The number of benzene rings is 1. The Morgan fingerprint density at radius 1 is 1.35 bits per heavy atom. The smallest absolute Gasteiger partial charge is 0.238 e. The number of aryl methyl sites for hydroxylation is 1. The van der Waals surface area contributed by atoms with E-state index < -0.39 is 0 Å². The van der Waals surface area contributed by atoms with Crippen LogP contribution in [0, 0.1) is 6.92 Å². The summed E-state index contributed by atoms with van der Waals surface area (Å²) in [6.45, 7) is 2.38. The highest BCUT2D eigenvalue weighted by Gasteiger charge is 2.21. The second kappa shape index (κ2) is 5.73. The van der Waals surface area contributed by atoms with Crippen molar-refractivity contribution in [2.24, 2.45) is 0 Å². The zero-order chi connectivity index (χ0) is 13.9. The highest BCUT2D eigenvalue weighted by molar-refractivity contribution is 7.09. The van der Waals surface area contributed by atoms with Crippen LogP contribution in [0.2, 0.25) is 0 Å². The molecule has 1 aliphatic rings. The van der Waals surface area contributed by atoms with Gasteiger partial charge in [0.25, 0.3) is 0 Å². The number of anilines is 1. The highest BCUT2D eigenvalue weighted by Crippen LogP contribution is 2.23. The van der Waals surface area contributed by atoms with E-state index in [1.54, 1.807) is 11.3 Å². The molecule has 3 rings (SSSR count). The molecule has 1 fully saturated rings. The van der Waals surface area contributed by atoms with E-state index in [-0.39, 0.29) is 5.91 Å². The van der Waals surface area contributed by atoms with Gasteiger partial charge in [0.1, 0.15) is 0 Å². The van der Waals surface area contributed by atoms with E-state index in [1.807, 2.05) is 36.6 Å². The Balaban J connectivity index is 1.59. The van der Waals surface area contributed by atoms with E-state index in [2.05, 4.69) is 15.6 Å². The molecular formula is C15H17N3OS. The van der Waals surface area contributed by atoms with Gasteiger partial charge in [-0.05, 0) is 31.9 Å². The van der Waals surface area contributed by atoms with Crippen LogP contribution in [-0.4, -0.2) is 23.5 Å². The minimum absolute atomic E-state index is 0.00847. The molecule has 0 aliphatic heterocycles. The van der Waals surface area contributed by atoms with Crippen LogP contribution in [0.3, 0.4) is 0 Å². The summed E-state index contributed by atoms with van der Waals surface area (Å²) in [6, 6.07) is 8.35. The summed E-state index contributed by atoms with van der Waals surface area (Å²) in [6.07, 6.45) is 2.38. The number of aromatic nitrogens is 1. The Labute approximate surface area is 122 Å². The Kier molecular flexibility index (Phi) is 3.80. The molecule has 1 aromatic carbocycles. The van der Waals surface area contributed by atoms with Crippen molar-refractivity contribution >= 4 is 22.9 Å². The van der Waals surface area contributed by atoms with E-state index in [4.69, 9.17) is 0 Å². The second-order valence-electron chi connectivity index (χ2n) is 5.03. The molecule has 0 bridgehead atoms. The lowest BCUT2D eigenvalue weighted by Crippen LogP contribution is -2.29. The number of amides is 1. The van der Waals surface area contributed by atoms with Crippen LogP contribution in [0.1, 0.15) is 17.8 Å². The SMILES string of the molecule is Cc1nc(-c2ccc(NC(=O)CNC3CC3)cc2)cs1. The molecule has 0 radical (unpaired) electrons. The number of nitrogens with zero attached hydrogens (tertiary/aromatic N) is 1. The van der Waals surface area contributed by atoms with Crippen molar-refractivity contribution in [2.45, 2.75) is 25.8 Å². The Morgan fingerprint density at radius 2 is 2.10 bits per heavy atom. The van der Waals surface area contributed by atoms with Gasteiger partial charge in [-0.1, -0.05) is 12.1 Å². The van der Waals surface area contributed by atoms with Gasteiger partial charge in [0.2, 0.25) is 5.91 Å². The first-order chi connectivity index (χ1) is 9.70. The average molecular weight is 287 g/mol. The zero-order valence-electron chi connectivity index (χ0n) is 11.3. The van der Waals surface area contributed by atoms with Gasteiger partial charge in [-0.25, -0.2) is 4.98 Å². The molecule has 5 heteroatoms. The van der Waals surface area contributed by atoms with E-state index in [1.165, 1.54) is 12.8 Å².